The van der Waals surface area contributed by atoms with Crippen LogP contribution in [0.1, 0.15) is 77.6 Å². The van der Waals surface area contributed by atoms with Gasteiger partial charge in [0.15, 0.2) is 0 Å². The largest absolute Gasteiger partial charge is 0.462 e. The van der Waals surface area contributed by atoms with E-state index in [4.69, 9.17) is 4.74 Å². The van der Waals surface area contributed by atoms with Crippen molar-refractivity contribution in [3.05, 3.63) is 63.5 Å². The summed E-state index contributed by atoms with van der Waals surface area (Å²) in [6, 6.07) is 9.22. The van der Waals surface area contributed by atoms with Gasteiger partial charge in [-0.25, -0.2) is 4.79 Å². The van der Waals surface area contributed by atoms with Crippen LogP contribution in [0.5, 0.6) is 0 Å². The molecule has 0 aliphatic rings. The molecule has 150 valence electrons. The fourth-order valence-electron chi connectivity index (χ4n) is 2.75. The van der Waals surface area contributed by atoms with Gasteiger partial charge in [-0.3, -0.25) is 4.79 Å². The predicted molar refractivity (Wildman–Crippen MR) is 116 cm³/mol. The average Bonchev–Trinajstić information content (AvgIpc) is 3.06. The second-order valence-corrected chi connectivity index (χ2v) is 8.28. The Balaban J connectivity index is 2.23. The van der Waals surface area contributed by atoms with Gasteiger partial charge in [0.05, 0.1) is 12.2 Å². The van der Waals surface area contributed by atoms with E-state index in [0.29, 0.717) is 28.7 Å². The van der Waals surface area contributed by atoms with Crippen molar-refractivity contribution in [2.45, 2.75) is 53.4 Å². The van der Waals surface area contributed by atoms with Crippen molar-refractivity contribution in [3.8, 4) is 0 Å². The third-order valence-corrected chi connectivity index (χ3v) is 5.71. The zero-order chi connectivity index (χ0) is 20.7. The first-order valence-corrected chi connectivity index (χ1v) is 10.5. The highest BCUT2D eigenvalue weighted by Gasteiger charge is 2.21. The highest BCUT2D eigenvalue weighted by Crippen LogP contribution is 2.35. The highest BCUT2D eigenvalue weighted by atomic mass is 32.1. The minimum atomic E-state index is -0.402. The van der Waals surface area contributed by atoms with Gasteiger partial charge in [0.2, 0.25) is 0 Å². The maximum atomic E-state index is 12.6. The molecule has 2 aromatic rings. The summed E-state index contributed by atoms with van der Waals surface area (Å²) in [4.78, 5) is 26.1. The van der Waals surface area contributed by atoms with Gasteiger partial charge in [-0.2, -0.15) is 0 Å². The summed E-state index contributed by atoms with van der Waals surface area (Å²) in [7, 11) is 0. The maximum absolute atomic E-state index is 12.6. The molecule has 1 aromatic heterocycles. The van der Waals surface area contributed by atoms with E-state index in [2.05, 4.69) is 32.2 Å². The van der Waals surface area contributed by atoms with Crippen LogP contribution in [0.25, 0.3) is 0 Å². The summed E-state index contributed by atoms with van der Waals surface area (Å²) >= 11 is 1.45. The van der Waals surface area contributed by atoms with Crippen LogP contribution in [-0.4, -0.2) is 18.5 Å². The number of thiophene rings is 1. The summed E-state index contributed by atoms with van der Waals surface area (Å²) < 4.78 is 5.18. The monoisotopic (exact) mass is 399 g/mol. The number of rotatable bonds is 8. The number of aryl methyl sites for hydroxylation is 1. The standard InChI is InChI=1S/C23H29NO3S/c1-6-27-23(26)19-14-20(17(5)9-7-8-15(2)3)28-22(19)24-21(25)18-12-10-16(4)11-13-18/h8,10-14,17H,6-7,9H2,1-5H3,(H,24,25)/t17-/m0/s1. The van der Waals surface area contributed by atoms with Crippen LogP contribution in [0.3, 0.4) is 0 Å². The molecule has 0 bridgehead atoms. The van der Waals surface area contributed by atoms with Crippen LogP contribution < -0.4 is 5.32 Å². The second-order valence-electron chi connectivity index (χ2n) is 7.19. The number of hydrogen-bond acceptors (Lipinski definition) is 4. The Labute approximate surface area is 171 Å². The van der Waals surface area contributed by atoms with Crippen LogP contribution in [0, 0.1) is 6.92 Å². The number of benzene rings is 1. The number of allylic oxidation sites excluding steroid dienone is 2. The summed E-state index contributed by atoms with van der Waals surface area (Å²) in [5, 5.41) is 3.45. The lowest BCUT2D eigenvalue weighted by atomic mass is 10.0. The molecule has 1 heterocycles. The van der Waals surface area contributed by atoms with E-state index in [1.165, 1.54) is 16.9 Å². The van der Waals surface area contributed by atoms with Crippen LogP contribution in [0.15, 0.2) is 42.0 Å². The lowest BCUT2D eigenvalue weighted by molar-refractivity contribution is 0.0528. The van der Waals surface area contributed by atoms with E-state index in [9.17, 15) is 9.59 Å². The van der Waals surface area contributed by atoms with E-state index in [-0.39, 0.29) is 5.91 Å². The molecule has 0 saturated carbocycles. The lowest BCUT2D eigenvalue weighted by Gasteiger charge is -2.07. The van der Waals surface area contributed by atoms with Crippen molar-refractivity contribution in [1.29, 1.82) is 0 Å². The summed E-state index contributed by atoms with van der Waals surface area (Å²) in [6.07, 6.45) is 4.19. The number of ether oxygens (including phenoxy) is 1. The molecule has 0 spiro atoms. The van der Waals surface area contributed by atoms with Gasteiger partial charge in [-0.1, -0.05) is 36.3 Å². The Kier molecular flexibility index (Phi) is 8.00. The molecule has 4 nitrogen and oxygen atoms in total. The van der Waals surface area contributed by atoms with Crippen LogP contribution >= 0.6 is 11.3 Å². The Morgan fingerprint density at radius 2 is 1.89 bits per heavy atom. The quantitative estimate of drug-likeness (QED) is 0.416. The Bertz CT molecular complexity index is 845. The Morgan fingerprint density at radius 1 is 1.21 bits per heavy atom. The lowest BCUT2D eigenvalue weighted by Crippen LogP contribution is -2.14. The van der Waals surface area contributed by atoms with E-state index in [1.807, 2.05) is 25.1 Å². The molecule has 0 radical (unpaired) electrons. The number of amides is 1. The molecule has 1 N–H and O–H groups in total. The van der Waals surface area contributed by atoms with Gasteiger partial charge >= 0.3 is 5.97 Å². The van der Waals surface area contributed by atoms with Gasteiger partial charge in [0, 0.05) is 10.4 Å². The minimum absolute atomic E-state index is 0.226. The molecular formula is C23H29NO3S. The SMILES string of the molecule is CCOC(=O)c1cc([C@@H](C)CCC=C(C)C)sc1NC(=O)c1ccc(C)cc1. The summed E-state index contributed by atoms with van der Waals surface area (Å²) in [5.74, 6) is -0.337. The van der Waals surface area contributed by atoms with E-state index >= 15 is 0 Å². The predicted octanol–water partition coefficient (Wildman–Crippen LogP) is 6.34. The van der Waals surface area contributed by atoms with Crippen LogP contribution in [0.4, 0.5) is 5.00 Å². The number of carbonyl (C=O) groups excluding carboxylic acids is 2. The number of anilines is 1. The highest BCUT2D eigenvalue weighted by molar-refractivity contribution is 7.16. The first kappa shape index (κ1) is 21.9. The molecule has 0 aliphatic heterocycles. The third-order valence-electron chi connectivity index (χ3n) is 4.43. The molecule has 0 aliphatic carbocycles. The first-order chi connectivity index (χ1) is 13.3. The smallest absolute Gasteiger partial charge is 0.341 e. The van der Waals surface area contributed by atoms with Crippen molar-refractivity contribution in [2.75, 3.05) is 11.9 Å². The van der Waals surface area contributed by atoms with Crippen molar-refractivity contribution < 1.29 is 14.3 Å². The van der Waals surface area contributed by atoms with Crippen molar-refractivity contribution >= 4 is 28.2 Å². The maximum Gasteiger partial charge on any atom is 0.341 e. The van der Waals surface area contributed by atoms with Gasteiger partial charge in [0.25, 0.3) is 5.91 Å². The van der Waals surface area contributed by atoms with Crippen LogP contribution in [-0.2, 0) is 4.74 Å². The fourth-order valence-corrected chi connectivity index (χ4v) is 3.88. The molecule has 0 unspecified atom stereocenters. The number of carbonyl (C=O) groups is 2. The molecular weight excluding hydrogens is 370 g/mol. The molecule has 28 heavy (non-hydrogen) atoms. The molecule has 1 amide bonds. The average molecular weight is 400 g/mol. The molecule has 0 fully saturated rings. The summed E-state index contributed by atoms with van der Waals surface area (Å²) in [5.41, 5.74) is 3.38. The van der Waals surface area contributed by atoms with Crippen molar-refractivity contribution in [1.82, 2.24) is 0 Å². The zero-order valence-corrected chi connectivity index (χ0v) is 18.1. The van der Waals surface area contributed by atoms with Gasteiger partial charge in [-0.15, -0.1) is 11.3 Å². The van der Waals surface area contributed by atoms with E-state index in [1.54, 1.807) is 19.1 Å². The van der Waals surface area contributed by atoms with E-state index < -0.39 is 5.97 Å². The molecule has 1 atom stereocenters. The van der Waals surface area contributed by atoms with E-state index in [0.717, 1.165) is 23.3 Å². The third kappa shape index (κ3) is 6.06. The van der Waals surface area contributed by atoms with Crippen molar-refractivity contribution in [2.24, 2.45) is 0 Å². The normalized spacial score (nSPS) is 11.6. The molecule has 2 rings (SSSR count). The number of hydrogen-bond donors (Lipinski definition) is 1. The first-order valence-electron chi connectivity index (χ1n) is 9.64. The van der Waals surface area contributed by atoms with Crippen molar-refractivity contribution in [3.63, 3.8) is 0 Å². The minimum Gasteiger partial charge on any atom is -0.462 e. The number of esters is 1. The van der Waals surface area contributed by atoms with Crippen LogP contribution in [0.2, 0.25) is 0 Å². The van der Waals surface area contributed by atoms with Gasteiger partial charge < -0.3 is 10.1 Å². The second kappa shape index (κ2) is 10.2. The zero-order valence-electron chi connectivity index (χ0n) is 17.3. The number of nitrogens with one attached hydrogen (secondary N) is 1. The molecule has 5 heteroatoms. The fraction of sp³-hybridized carbons (Fsp3) is 0.391. The van der Waals surface area contributed by atoms with Gasteiger partial charge in [0.1, 0.15) is 5.00 Å². The Hall–Kier alpha value is -2.40. The topological polar surface area (TPSA) is 55.4 Å². The Morgan fingerprint density at radius 3 is 2.50 bits per heavy atom. The summed E-state index contributed by atoms with van der Waals surface area (Å²) in [6.45, 7) is 10.4. The molecule has 0 saturated heterocycles. The molecule has 1 aromatic carbocycles. The van der Waals surface area contributed by atoms with Gasteiger partial charge in [-0.05, 0) is 64.7 Å².